The molecule has 0 saturated heterocycles. The Hall–Kier alpha value is -1.44. The summed E-state index contributed by atoms with van der Waals surface area (Å²) in [6.45, 7) is 0. The Morgan fingerprint density at radius 1 is 1.00 bits per heavy atom. The average Bonchev–Trinajstić information content (AvgIpc) is 2.57. The predicted molar refractivity (Wildman–Crippen MR) is 50.9 cm³/mol. The van der Waals surface area contributed by atoms with Crippen molar-refractivity contribution in [2.24, 2.45) is 0 Å². The highest BCUT2D eigenvalue weighted by Gasteiger charge is 2.19. The number of phenolic OH excluding ortho intramolecular Hbond substituents is 2. The van der Waals surface area contributed by atoms with E-state index < -0.39 is 0 Å². The number of aromatic hydroxyl groups is 2. The van der Waals surface area contributed by atoms with Crippen LogP contribution in [-0.2, 0) is 0 Å². The van der Waals surface area contributed by atoms with Gasteiger partial charge in [0.25, 0.3) is 0 Å². The van der Waals surface area contributed by atoms with E-state index in [-0.39, 0.29) is 17.4 Å². The van der Waals surface area contributed by atoms with Crippen molar-refractivity contribution in [3.63, 3.8) is 0 Å². The monoisotopic (exact) mass is 176 g/mol. The largest absolute Gasteiger partial charge is 0.508 e. The molecule has 0 bridgehead atoms. The van der Waals surface area contributed by atoms with Crippen LogP contribution in [0.5, 0.6) is 11.5 Å². The molecule has 2 N–H and O–H groups in total. The molecule has 2 heteroatoms. The second-order valence-corrected chi connectivity index (χ2v) is 3.35. The molecule has 13 heavy (non-hydrogen) atoms. The van der Waals surface area contributed by atoms with Crippen molar-refractivity contribution in [3.05, 3.63) is 35.9 Å². The topological polar surface area (TPSA) is 40.5 Å². The van der Waals surface area contributed by atoms with Gasteiger partial charge in [0.05, 0.1) is 0 Å². The summed E-state index contributed by atoms with van der Waals surface area (Å²) in [6, 6.07) is 4.89. The predicted octanol–water partition coefficient (Wildman–Crippen LogP) is 2.53. The van der Waals surface area contributed by atoms with E-state index in [1.165, 1.54) is 0 Å². The van der Waals surface area contributed by atoms with Gasteiger partial charge in [0, 0.05) is 5.56 Å². The van der Waals surface area contributed by atoms with E-state index in [4.69, 9.17) is 0 Å². The molecule has 0 fully saturated rings. The summed E-state index contributed by atoms with van der Waals surface area (Å²) in [5.74, 6) is 0.656. The molecule has 0 spiro atoms. The molecule has 0 aliphatic heterocycles. The van der Waals surface area contributed by atoms with Gasteiger partial charge in [-0.05, 0) is 30.9 Å². The standard InChI is InChI=1S/C11H12O2/c12-9-6-3-7-10(13)11(9)8-4-1-2-5-8/h1-3,6-8,12-13H,4-5H2. The highest BCUT2D eigenvalue weighted by Crippen LogP contribution is 2.39. The van der Waals surface area contributed by atoms with E-state index in [9.17, 15) is 10.2 Å². The highest BCUT2D eigenvalue weighted by atomic mass is 16.3. The first-order valence-electron chi connectivity index (χ1n) is 4.45. The van der Waals surface area contributed by atoms with Crippen molar-refractivity contribution in [3.8, 4) is 11.5 Å². The molecule has 1 aromatic rings. The maximum Gasteiger partial charge on any atom is 0.122 e. The number of rotatable bonds is 1. The Morgan fingerprint density at radius 3 is 2.08 bits per heavy atom. The normalized spacial score (nSPS) is 16.6. The fraction of sp³-hybridized carbons (Fsp3) is 0.273. The van der Waals surface area contributed by atoms with Crippen molar-refractivity contribution in [2.45, 2.75) is 18.8 Å². The summed E-state index contributed by atoms with van der Waals surface area (Å²) >= 11 is 0. The molecule has 2 nitrogen and oxygen atoms in total. The molecular formula is C11H12O2. The quantitative estimate of drug-likeness (QED) is 0.645. The number of benzene rings is 1. The zero-order valence-electron chi connectivity index (χ0n) is 7.27. The molecule has 0 heterocycles. The van der Waals surface area contributed by atoms with Gasteiger partial charge in [-0.3, -0.25) is 0 Å². The summed E-state index contributed by atoms with van der Waals surface area (Å²) < 4.78 is 0. The zero-order chi connectivity index (χ0) is 9.26. The Kier molecular flexibility index (Phi) is 1.97. The molecule has 2 rings (SSSR count). The molecule has 1 aromatic carbocycles. The maximum atomic E-state index is 9.56. The minimum Gasteiger partial charge on any atom is -0.508 e. The zero-order valence-corrected chi connectivity index (χ0v) is 7.27. The van der Waals surface area contributed by atoms with Crippen molar-refractivity contribution in [2.75, 3.05) is 0 Å². The molecule has 1 aliphatic carbocycles. The van der Waals surface area contributed by atoms with Crippen LogP contribution >= 0.6 is 0 Å². The van der Waals surface area contributed by atoms with Gasteiger partial charge in [-0.25, -0.2) is 0 Å². The molecule has 0 radical (unpaired) electrons. The summed E-state index contributed by atoms with van der Waals surface area (Å²) in [5, 5.41) is 19.1. The highest BCUT2D eigenvalue weighted by molar-refractivity contribution is 5.46. The van der Waals surface area contributed by atoms with E-state index in [1.807, 2.05) is 0 Å². The minimum atomic E-state index is 0.203. The lowest BCUT2D eigenvalue weighted by atomic mass is 9.95. The maximum absolute atomic E-state index is 9.56. The van der Waals surface area contributed by atoms with Crippen LogP contribution in [0, 0.1) is 0 Å². The fourth-order valence-electron chi connectivity index (χ4n) is 1.81. The first kappa shape index (κ1) is 8.17. The third-order valence-electron chi connectivity index (χ3n) is 2.48. The van der Waals surface area contributed by atoms with E-state index >= 15 is 0 Å². The van der Waals surface area contributed by atoms with Crippen LogP contribution in [-0.4, -0.2) is 10.2 Å². The van der Waals surface area contributed by atoms with Crippen LogP contribution in [0.4, 0.5) is 0 Å². The third kappa shape index (κ3) is 1.39. The molecule has 0 aromatic heterocycles. The van der Waals surface area contributed by atoms with Crippen LogP contribution in [0.3, 0.4) is 0 Å². The van der Waals surface area contributed by atoms with Gasteiger partial charge >= 0.3 is 0 Å². The molecule has 0 unspecified atom stereocenters. The summed E-state index contributed by atoms with van der Waals surface area (Å²) in [5.41, 5.74) is 0.688. The van der Waals surface area contributed by atoms with Crippen LogP contribution in [0.2, 0.25) is 0 Å². The Balaban J connectivity index is 2.38. The van der Waals surface area contributed by atoms with E-state index in [0.29, 0.717) is 5.56 Å². The van der Waals surface area contributed by atoms with E-state index in [2.05, 4.69) is 12.2 Å². The van der Waals surface area contributed by atoms with Crippen LogP contribution in [0.1, 0.15) is 24.3 Å². The van der Waals surface area contributed by atoms with Crippen molar-refractivity contribution in [1.29, 1.82) is 0 Å². The van der Waals surface area contributed by atoms with E-state index in [1.54, 1.807) is 18.2 Å². The second kappa shape index (κ2) is 3.13. The first-order valence-corrected chi connectivity index (χ1v) is 4.45. The van der Waals surface area contributed by atoms with Crippen LogP contribution in [0.25, 0.3) is 0 Å². The van der Waals surface area contributed by atoms with Crippen molar-refractivity contribution >= 4 is 0 Å². The van der Waals surface area contributed by atoms with Crippen LogP contribution in [0.15, 0.2) is 30.4 Å². The summed E-state index contributed by atoms with van der Waals surface area (Å²) in [4.78, 5) is 0. The number of hydrogen-bond donors (Lipinski definition) is 2. The molecular weight excluding hydrogens is 164 g/mol. The molecule has 0 atom stereocenters. The van der Waals surface area contributed by atoms with Gasteiger partial charge in [0.15, 0.2) is 0 Å². The summed E-state index contributed by atoms with van der Waals surface area (Å²) in [7, 11) is 0. The van der Waals surface area contributed by atoms with Crippen molar-refractivity contribution in [1.82, 2.24) is 0 Å². The first-order chi connectivity index (χ1) is 6.29. The fourth-order valence-corrected chi connectivity index (χ4v) is 1.81. The average molecular weight is 176 g/mol. The van der Waals surface area contributed by atoms with E-state index in [0.717, 1.165) is 12.8 Å². The lowest BCUT2D eigenvalue weighted by Crippen LogP contribution is -1.93. The molecule has 1 aliphatic rings. The Morgan fingerprint density at radius 2 is 1.54 bits per heavy atom. The molecule has 0 amide bonds. The number of hydrogen-bond acceptors (Lipinski definition) is 2. The number of phenols is 2. The van der Waals surface area contributed by atoms with Gasteiger partial charge in [-0.2, -0.15) is 0 Å². The Bertz CT molecular complexity index is 314. The number of allylic oxidation sites excluding steroid dienone is 2. The van der Waals surface area contributed by atoms with Gasteiger partial charge in [-0.15, -0.1) is 0 Å². The minimum absolute atomic E-state index is 0.203. The lowest BCUT2D eigenvalue weighted by molar-refractivity contribution is 0.429. The SMILES string of the molecule is Oc1cccc(O)c1C1CC=CC1. The lowest BCUT2D eigenvalue weighted by Gasteiger charge is -2.12. The third-order valence-corrected chi connectivity index (χ3v) is 2.48. The molecule has 68 valence electrons. The molecule has 0 saturated carbocycles. The van der Waals surface area contributed by atoms with Crippen molar-refractivity contribution < 1.29 is 10.2 Å². The Labute approximate surface area is 77.1 Å². The summed E-state index contributed by atoms with van der Waals surface area (Å²) in [6.07, 6.45) is 5.98. The van der Waals surface area contributed by atoms with Gasteiger partial charge in [-0.1, -0.05) is 18.2 Å². The smallest absolute Gasteiger partial charge is 0.122 e. The van der Waals surface area contributed by atoms with Gasteiger partial charge < -0.3 is 10.2 Å². The van der Waals surface area contributed by atoms with Gasteiger partial charge in [0.1, 0.15) is 11.5 Å². The van der Waals surface area contributed by atoms with Gasteiger partial charge in [0.2, 0.25) is 0 Å². The van der Waals surface area contributed by atoms with Crippen LogP contribution < -0.4 is 0 Å². The second-order valence-electron chi connectivity index (χ2n) is 3.35.